The van der Waals surface area contributed by atoms with Crippen LogP contribution in [0, 0.1) is 0 Å². The maximum Gasteiger partial charge on any atom is 0.145 e. The van der Waals surface area contributed by atoms with Gasteiger partial charge in [-0.1, -0.05) is 146 Å². The second-order valence-corrected chi connectivity index (χ2v) is 11.7. The Morgan fingerprint density at radius 2 is 1.26 bits per heavy atom. The fraction of sp³-hybridized carbons (Fsp3) is 0.0465. The van der Waals surface area contributed by atoms with Gasteiger partial charge >= 0.3 is 0 Å². The van der Waals surface area contributed by atoms with E-state index in [0.717, 1.165) is 61.2 Å². The standard InChI is InChI=1S/C43H32N2O/c1-28(30-13-5-3-6-14-30)44-43(32-16-7-4-8-17-32)45-29(2)35-19-11-21-39-40-22-12-20-38(42(40)46-41(35)39)34-25-26-37-33(27-34)24-23-31-15-9-10-18-36(31)37/h3-27,43,45H,2H2,1H3/b44-28+. The largest absolute Gasteiger partial charge is 0.455 e. The Morgan fingerprint density at radius 1 is 0.609 bits per heavy atom. The lowest BCUT2D eigenvalue weighted by Gasteiger charge is -2.20. The molecule has 0 amide bonds. The molecule has 8 aromatic rings. The summed E-state index contributed by atoms with van der Waals surface area (Å²) in [5, 5.41) is 10.7. The van der Waals surface area contributed by atoms with Gasteiger partial charge in [0.05, 0.1) is 0 Å². The van der Waals surface area contributed by atoms with Gasteiger partial charge in [0.1, 0.15) is 17.3 Å². The summed E-state index contributed by atoms with van der Waals surface area (Å²) in [6.07, 6.45) is -0.321. The van der Waals surface area contributed by atoms with Crippen LogP contribution in [-0.4, -0.2) is 5.71 Å². The molecule has 7 aromatic carbocycles. The predicted octanol–water partition coefficient (Wildman–Crippen LogP) is 11.3. The SMILES string of the molecule is C=C(NC(/N=C(\C)c1ccccc1)c1ccccc1)c1cccc2c1oc1c(-c3ccc4c(ccc5ccccc54)c3)cccc12. The van der Waals surface area contributed by atoms with Crippen LogP contribution in [0.5, 0.6) is 0 Å². The Hall–Kier alpha value is -5.93. The van der Waals surface area contributed by atoms with Crippen molar-refractivity contribution >= 4 is 54.9 Å². The smallest absolute Gasteiger partial charge is 0.145 e. The van der Waals surface area contributed by atoms with Crippen LogP contribution in [-0.2, 0) is 0 Å². The number of hydrogen-bond donors (Lipinski definition) is 1. The van der Waals surface area contributed by atoms with Crippen LogP contribution >= 0.6 is 0 Å². The van der Waals surface area contributed by atoms with Crippen molar-refractivity contribution in [3.63, 3.8) is 0 Å². The molecule has 1 N–H and O–H groups in total. The van der Waals surface area contributed by atoms with Crippen molar-refractivity contribution < 1.29 is 4.42 Å². The predicted molar refractivity (Wildman–Crippen MR) is 194 cm³/mol. The molecule has 46 heavy (non-hydrogen) atoms. The van der Waals surface area contributed by atoms with Gasteiger partial charge in [-0.15, -0.1) is 0 Å². The van der Waals surface area contributed by atoms with E-state index in [-0.39, 0.29) is 6.17 Å². The molecule has 3 heteroatoms. The van der Waals surface area contributed by atoms with E-state index in [9.17, 15) is 0 Å². The Kier molecular flexibility index (Phi) is 6.92. The fourth-order valence-corrected chi connectivity index (χ4v) is 6.48. The number of aliphatic imine (C=N–C) groups is 1. The minimum absolute atomic E-state index is 0.321. The summed E-state index contributed by atoms with van der Waals surface area (Å²) in [6, 6.07) is 52.8. The van der Waals surface area contributed by atoms with Crippen LogP contribution < -0.4 is 5.32 Å². The van der Waals surface area contributed by atoms with E-state index in [1.807, 2.05) is 43.3 Å². The number of benzene rings is 7. The third kappa shape index (κ3) is 4.92. The van der Waals surface area contributed by atoms with Gasteiger partial charge in [0.15, 0.2) is 0 Å². The summed E-state index contributed by atoms with van der Waals surface area (Å²) in [4.78, 5) is 5.12. The van der Waals surface area contributed by atoms with Crippen molar-refractivity contribution in [3.05, 3.63) is 175 Å². The molecule has 1 aromatic heterocycles. The second kappa shape index (κ2) is 11.5. The quantitative estimate of drug-likeness (QED) is 0.148. The van der Waals surface area contributed by atoms with Crippen LogP contribution in [0.3, 0.4) is 0 Å². The molecule has 0 fully saturated rings. The number of nitrogens with one attached hydrogen (secondary N) is 1. The number of para-hydroxylation sites is 2. The van der Waals surface area contributed by atoms with Gasteiger partial charge in [0.2, 0.25) is 0 Å². The van der Waals surface area contributed by atoms with Crippen LogP contribution in [0.25, 0.3) is 60.3 Å². The maximum atomic E-state index is 6.77. The molecule has 0 aliphatic carbocycles. The highest BCUT2D eigenvalue weighted by Crippen LogP contribution is 2.39. The van der Waals surface area contributed by atoms with Crippen LogP contribution in [0.15, 0.2) is 168 Å². The lowest BCUT2D eigenvalue weighted by molar-refractivity contribution is 0.657. The third-order valence-electron chi connectivity index (χ3n) is 8.85. The lowest BCUT2D eigenvalue weighted by Crippen LogP contribution is -2.19. The summed E-state index contributed by atoms with van der Waals surface area (Å²) < 4.78 is 6.77. The first-order chi connectivity index (χ1) is 22.6. The van der Waals surface area contributed by atoms with E-state index in [1.54, 1.807) is 0 Å². The van der Waals surface area contributed by atoms with E-state index >= 15 is 0 Å². The van der Waals surface area contributed by atoms with Gasteiger partial charge in [0, 0.05) is 33.3 Å². The van der Waals surface area contributed by atoms with Gasteiger partial charge in [-0.25, -0.2) is 0 Å². The molecular formula is C43H32N2O. The van der Waals surface area contributed by atoms with Gasteiger partial charge in [0.25, 0.3) is 0 Å². The number of furan rings is 1. The second-order valence-electron chi connectivity index (χ2n) is 11.7. The monoisotopic (exact) mass is 592 g/mol. The highest BCUT2D eigenvalue weighted by Gasteiger charge is 2.19. The highest BCUT2D eigenvalue weighted by molar-refractivity contribution is 6.13. The summed E-state index contributed by atoms with van der Waals surface area (Å²) in [6.45, 7) is 6.54. The number of hydrogen-bond acceptors (Lipinski definition) is 3. The summed E-state index contributed by atoms with van der Waals surface area (Å²) in [5.74, 6) is 0. The normalized spacial score (nSPS) is 12.6. The molecule has 1 atom stereocenters. The summed E-state index contributed by atoms with van der Waals surface area (Å²) in [7, 11) is 0. The zero-order valence-corrected chi connectivity index (χ0v) is 25.6. The Balaban J connectivity index is 1.20. The first-order valence-electron chi connectivity index (χ1n) is 15.6. The van der Waals surface area contributed by atoms with Crippen molar-refractivity contribution in [3.8, 4) is 11.1 Å². The first-order valence-corrected chi connectivity index (χ1v) is 15.6. The van der Waals surface area contributed by atoms with Gasteiger partial charge in [-0.3, -0.25) is 4.99 Å². The minimum Gasteiger partial charge on any atom is -0.455 e. The first kappa shape index (κ1) is 27.6. The molecule has 3 nitrogen and oxygen atoms in total. The van der Waals surface area contributed by atoms with E-state index < -0.39 is 0 Å². The molecule has 0 saturated carbocycles. The van der Waals surface area contributed by atoms with Crippen molar-refractivity contribution in [2.45, 2.75) is 13.1 Å². The number of nitrogens with zero attached hydrogens (tertiary/aromatic N) is 1. The van der Waals surface area contributed by atoms with E-state index in [1.165, 1.54) is 21.5 Å². The van der Waals surface area contributed by atoms with Crippen molar-refractivity contribution in [2.24, 2.45) is 4.99 Å². The van der Waals surface area contributed by atoms with E-state index in [0.29, 0.717) is 0 Å². The van der Waals surface area contributed by atoms with E-state index in [2.05, 4.69) is 127 Å². The van der Waals surface area contributed by atoms with Crippen LogP contribution in [0.2, 0.25) is 0 Å². The Labute approximate surface area is 268 Å². The van der Waals surface area contributed by atoms with Gasteiger partial charge < -0.3 is 9.73 Å². The van der Waals surface area contributed by atoms with Gasteiger partial charge in [-0.05, 0) is 57.3 Å². The van der Waals surface area contributed by atoms with Gasteiger partial charge in [-0.2, -0.15) is 0 Å². The fourth-order valence-electron chi connectivity index (χ4n) is 6.48. The topological polar surface area (TPSA) is 37.5 Å². The molecule has 0 bridgehead atoms. The minimum atomic E-state index is -0.321. The van der Waals surface area contributed by atoms with Crippen molar-refractivity contribution in [2.75, 3.05) is 0 Å². The molecule has 220 valence electrons. The molecule has 8 rings (SSSR count). The molecule has 1 heterocycles. The molecule has 0 aliphatic rings. The molecular weight excluding hydrogens is 560 g/mol. The third-order valence-corrected chi connectivity index (χ3v) is 8.85. The van der Waals surface area contributed by atoms with Crippen LogP contribution in [0.4, 0.5) is 0 Å². The molecule has 1 unspecified atom stereocenters. The van der Waals surface area contributed by atoms with E-state index in [4.69, 9.17) is 9.41 Å². The summed E-state index contributed by atoms with van der Waals surface area (Å²) in [5.41, 5.74) is 8.64. The summed E-state index contributed by atoms with van der Waals surface area (Å²) >= 11 is 0. The molecule has 0 radical (unpaired) electrons. The zero-order valence-electron chi connectivity index (χ0n) is 25.6. The average Bonchev–Trinajstić information content (AvgIpc) is 3.51. The Bertz CT molecular complexity index is 2420. The number of rotatable bonds is 7. The lowest BCUT2D eigenvalue weighted by atomic mass is 9.96. The van der Waals surface area contributed by atoms with Crippen molar-refractivity contribution in [1.29, 1.82) is 0 Å². The maximum absolute atomic E-state index is 6.77. The Morgan fingerprint density at radius 3 is 2.09 bits per heavy atom. The van der Waals surface area contributed by atoms with Crippen molar-refractivity contribution in [1.82, 2.24) is 5.32 Å². The average molecular weight is 593 g/mol. The molecule has 0 saturated heterocycles. The highest BCUT2D eigenvalue weighted by atomic mass is 16.3. The van der Waals surface area contributed by atoms with Crippen LogP contribution in [0.1, 0.15) is 29.8 Å². The number of fused-ring (bicyclic) bond motifs is 6. The zero-order chi connectivity index (χ0) is 31.0. The molecule has 0 spiro atoms. The molecule has 0 aliphatic heterocycles.